The predicted octanol–water partition coefficient (Wildman–Crippen LogP) is 3.53. The molecule has 0 saturated carbocycles. The summed E-state index contributed by atoms with van der Waals surface area (Å²) in [6.07, 6.45) is 5.24. The van der Waals surface area contributed by atoms with Crippen LogP contribution in [-0.2, 0) is 0 Å². The number of guanidine groups is 1. The average Bonchev–Trinajstić information content (AvgIpc) is 3.12. The van der Waals surface area contributed by atoms with Crippen LogP contribution in [0.4, 0.5) is 0 Å². The molecule has 2 rings (SSSR count). The number of rotatable bonds is 9. The topological polar surface area (TPSA) is 39.7 Å². The van der Waals surface area contributed by atoms with E-state index in [1.807, 2.05) is 0 Å². The summed E-state index contributed by atoms with van der Waals surface area (Å²) < 4.78 is 0. The Morgan fingerprint density at radius 1 is 1.20 bits per heavy atom. The smallest absolute Gasteiger partial charge is 0.191 e. The van der Waals surface area contributed by atoms with Crippen molar-refractivity contribution >= 4 is 5.96 Å². The fourth-order valence-electron chi connectivity index (χ4n) is 3.33. The Hall–Kier alpha value is -1.55. The van der Waals surface area contributed by atoms with Crippen LogP contribution in [0.25, 0.3) is 0 Å². The maximum atomic E-state index is 4.78. The summed E-state index contributed by atoms with van der Waals surface area (Å²) in [4.78, 5) is 7.36. The average molecular weight is 345 g/mol. The fraction of sp³-hybridized carbons (Fsp3) is 0.667. The Kier molecular flexibility index (Phi) is 8.81. The van der Waals surface area contributed by atoms with Crippen molar-refractivity contribution in [3.05, 3.63) is 35.4 Å². The molecule has 0 aromatic heterocycles. The van der Waals surface area contributed by atoms with Crippen molar-refractivity contribution in [2.24, 2.45) is 4.99 Å². The zero-order valence-corrected chi connectivity index (χ0v) is 16.4. The summed E-state index contributed by atoms with van der Waals surface area (Å²) in [5, 5.41) is 6.85. The van der Waals surface area contributed by atoms with Gasteiger partial charge in [-0.25, -0.2) is 0 Å². The lowest BCUT2D eigenvalue weighted by atomic mass is 10.00. The molecule has 0 radical (unpaired) electrons. The maximum Gasteiger partial charge on any atom is 0.191 e. The standard InChI is InChI=1S/C21H36N4/c1-4-22-21(23-12-5-6-13-25-14-7-8-15-25)24-17-19(3)20-11-9-10-18(2)16-20/h9-11,16,19H,4-8,12-15,17H2,1-3H3,(H2,22,23,24). The van der Waals surface area contributed by atoms with Gasteiger partial charge in [0.2, 0.25) is 0 Å². The van der Waals surface area contributed by atoms with E-state index in [1.165, 1.54) is 56.4 Å². The molecule has 1 aromatic carbocycles. The van der Waals surface area contributed by atoms with Crippen LogP contribution < -0.4 is 10.6 Å². The van der Waals surface area contributed by atoms with Crippen LogP contribution in [0.2, 0.25) is 0 Å². The minimum Gasteiger partial charge on any atom is -0.357 e. The van der Waals surface area contributed by atoms with Crippen LogP contribution in [0, 0.1) is 6.92 Å². The van der Waals surface area contributed by atoms with Gasteiger partial charge in [-0.15, -0.1) is 0 Å². The number of aryl methyl sites for hydroxylation is 1. The number of benzene rings is 1. The molecule has 1 heterocycles. The van der Waals surface area contributed by atoms with Gasteiger partial charge in [-0.3, -0.25) is 4.99 Å². The molecule has 1 aromatic rings. The molecule has 1 atom stereocenters. The number of hydrogen-bond donors (Lipinski definition) is 2. The molecule has 2 N–H and O–H groups in total. The monoisotopic (exact) mass is 344 g/mol. The van der Waals surface area contributed by atoms with Crippen LogP contribution in [0.3, 0.4) is 0 Å². The lowest BCUT2D eigenvalue weighted by Crippen LogP contribution is -2.38. The molecule has 0 bridgehead atoms. The van der Waals surface area contributed by atoms with E-state index in [2.05, 4.69) is 60.6 Å². The molecule has 1 aliphatic rings. The normalized spacial score (nSPS) is 16.8. The Balaban J connectivity index is 1.71. The van der Waals surface area contributed by atoms with Crippen molar-refractivity contribution in [1.29, 1.82) is 0 Å². The molecule has 140 valence electrons. The van der Waals surface area contributed by atoms with E-state index < -0.39 is 0 Å². The van der Waals surface area contributed by atoms with Gasteiger partial charge in [0.25, 0.3) is 0 Å². The van der Waals surface area contributed by atoms with E-state index >= 15 is 0 Å². The number of nitrogens with zero attached hydrogens (tertiary/aromatic N) is 2. The van der Waals surface area contributed by atoms with Gasteiger partial charge < -0.3 is 15.5 Å². The number of unbranched alkanes of at least 4 members (excludes halogenated alkanes) is 1. The van der Waals surface area contributed by atoms with Crippen molar-refractivity contribution in [3.8, 4) is 0 Å². The zero-order valence-electron chi connectivity index (χ0n) is 16.4. The summed E-state index contributed by atoms with van der Waals surface area (Å²) in [5.74, 6) is 1.38. The molecule has 0 aliphatic carbocycles. The minimum atomic E-state index is 0.436. The van der Waals surface area contributed by atoms with Crippen molar-refractivity contribution in [2.45, 2.75) is 52.4 Å². The lowest BCUT2D eigenvalue weighted by Gasteiger charge is -2.16. The van der Waals surface area contributed by atoms with E-state index in [-0.39, 0.29) is 0 Å². The summed E-state index contributed by atoms with van der Waals surface area (Å²) in [7, 11) is 0. The third-order valence-electron chi connectivity index (χ3n) is 4.87. The van der Waals surface area contributed by atoms with Crippen molar-refractivity contribution in [3.63, 3.8) is 0 Å². The van der Waals surface area contributed by atoms with Gasteiger partial charge in [0, 0.05) is 25.6 Å². The van der Waals surface area contributed by atoms with Gasteiger partial charge in [-0.2, -0.15) is 0 Å². The molecule has 1 fully saturated rings. The summed E-state index contributed by atoms with van der Waals surface area (Å²) in [6, 6.07) is 8.74. The Morgan fingerprint density at radius 3 is 2.72 bits per heavy atom. The highest BCUT2D eigenvalue weighted by molar-refractivity contribution is 5.79. The van der Waals surface area contributed by atoms with Crippen molar-refractivity contribution in [2.75, 3.05) is 39.3 Å². The van der Waals surface area contributed by atoms with Gasteiger partial charge in [0.15, 0.2) is 5.96 Å². The Bertz CT molecular complexity index is 520. The molecule has 1 unspecified atom stereocenters. The SMILES string of the molecule is CCNC(=NCC(C)c1cccc(C)c1)NCCCCN1CCCC1. The number of aliphatic imine (C=N–C) groups is 1. The molecule has 1 saturated heterocycles. The Morgan fingerprint density at radius 2 is 2.00 bits per heavy atom. The quantitative estimate of drug-likeness (QED) is 0.409. The van der Waals surface area contributed by atoms with Crippen molar-refractivity contribution < 1.29 is 0 Å². The molecule has 25 heavy (non-hydrogen) atoms. The first-order chi connectivity index (χ1) is 12.2. The number of hydrogen-bond acceptors (Lipinski definition) is 2. The van der Waals surface area contributed by atoms with Gasteiger partial charge in [0.05, 0.1) is 0 Å². The van der Waals surface area contributed by atoms with Crippen LogP contribution >= 0.6 is 0 Å². The van der Waals surface area contributed by atoms with E-state index in [4.69, 9.17) is 4.99 Å². The number of nitrogens with one attached hydrogen (secondary N) is 2. The fourth-order valence-corrected chi connectivity index (χ4v) is 3.33. The van der Waals surface area contributed by atoms with Gasteiger partial charge in [-0.1, -0.05) is 36.8 Å². The third-order valence-corrected chi connectivity index (χ3v) is 4.87. The lowest BCUT2D eigenvalue weighted by molar-refractivity contribution is 0.330. The minimum absolute atomic E-state index is 0.436. The summed E-state index contributed by atoms with van der Waals surface area (Å²) in [5.41, 5.74) is 2.68. The molecular weight excluding hydrogens is 308 g/mol. The van der Waals surface area contributed by atoms with E-state index in [0.717, 1.165) is 25.6 Å². The maximum absolute atomic E-state index is 4.78. The van der Waals surface area contributed by atoms with Crippen LogP contribution in [0.5, 0.6) is 0 Å². The van der Waals surface area contributed by atoms with E-state index in [0.29, 0.717) is 5.92 Å². The molecule has 0 spiro atoms. The highest BCUT2D eigenvalue weighted by Crippen LogP contribution is 2.16. The second-order valence-corrected chi connectivity index (χ2v) is 7.22. The second kappa shape index (κ2) is 11.1. The van der Waals surface area contributed by atoms with Crippen LogP contribution in [0.1, 0.15) is 56.6 Å². The first-order valence-electron chi connectivity index (χ1n) is 10.00. The highest BCUT2D eigenvalue weighted by atomic mass is 15.2. The zero-order chi connectivity index (χ0) is 17.9. The van der Waals surface area contributed by atoms with E-state index in [9.17, 15) is 0 Å². The van der Waals surface area contributed by atoms with Gasteiger partial charge >= 0.3 is 0 Å². The van der Waals surface area contributed by atoms with E-state index in [1.54, 1.807) is 0 Å². The number of likely N-dealkylation sites (tertiary alicyclic amines) is 1. The summed E-state index contributed by atoms with van der Waals surface area (Å²) >= 11 is 0. The van der Waals surface area contributed by atoms with Gasteiger partial charge in [-0.05, 0) is 64.7 Å². The highest BCUT2D eigenvalue weighted by Gasteiger charge is 2.10. The van der Waals surface area contributed by atoms with Gasteiger partial charge in [0.1, 0.15) is 0 Å². The summed E-state index contributed by atoms with van der Waals surface area (Å²) in [6.45, 7) is 13.1. The molecule has 0 amide bonds. The second-order valence-electron chi connectivity index (χ2n) is 7.22. The molecule has 4 heteroatoms. The first kappa shape index (κ1) is 19.8. The third kappa shape index (κ3) is 7.47. The Labute approximate surface area is 154 Å². The molecule has 4 nitrogen and oxygen atoms in total. The first-order valence-corrected chi connectivity index (χ1v) is 10.00. The van der Waals surface area contributed by atoms with Crippen LogP contribution in [0.15, 0.2) is 29.3 Å². The molecule has 1 aliphatic heterocycles. The molecular formula is C21H36N4. The largest absolute Gasteiger partial charge is 0.357 e. The van der Waals surface area contributed by atoms with Crippen molar-refractivity contribution in [1.82, 2.24) is 15.5 Å². The van der Waals surface area contributed by atoms with Crippen LogP contribution in [-0.4, -0.2) is 50.1 Å². The predicted molar refractivity (Wildman–Crippen MR) is 108 cm³/mol.